The van der Waals surface area contributed by atoms with Crippen molar-refractivity contribution in [1.29, 1.82) is 5.26 Å². The molecule has 7 N–H and O–H groups in total. The van der Waals surface area contributed by atoms with Crippen molar-refractivity contribution in [3.63, 3.8) is 0 Å². The molecule has 0 spiro atoms. The molecule has 22 heteroatoms. The van der Waals surface area contributed by atoms with Gasteiger partial charge in [-0.05, 0) is 338 Å². The molecule has 14 aromatic heterocycles. The Kier molecular flexibility index (Phi) is 37.9. The van der Waals surface area contributed by atoms with Crippen LogP contribution in [0.15, 0.2) is 354 Å². The highest BCUT2D eigenvalue weighted by atomic mass is 32.1. The van der Waals surface area contributed by atoms with Crippen LogP contribution in [-0.2, 0) is 0 Å². The number of thiazole rings is 1. The van der Waals surface area contributed by atoms with E-state index in [-0.39, 0.29) is 5.75 Å². The molecule has 26 rings (SSSR count). The highest BCUT2D eigenvalue weighted by Gasteiger charge is 2.09. The van der Waals surface area contributed by atoms with Crippen LogP contribution in [0.3, 0.4) is 0 Å². The van der Waals surface area contributed by atoms with Gasteiger partial charge >= 0.3 is 0 Å². The summed E-state index contributed by atoms with van der Waals surface area (Å²) in [4.78, 5) is 46.3. The van der Waals surface area contributed by atoms with Gasteiger partial charge in [0.05, 0.1) is 54.7 Å². The summed E-state index contributed by atoms with van der Waals surface area (Å²) in [6.07, 6.45) is 9.41. The second kappa shape index (κ2) is 51.9. The number of nitrogens with zero attached hydrogens (tertiary/aromatic N) is 8. The Morgan fingerprint density at radius 2 is 0.946 bits per heavy atom. The fraction of sp³-hybridized carbons (Fsp3) is 0.152. The number of aromatic amines is 4. The quantitative estimate of drug-likeness (QED) is 0.0697. The summed E-state index contributed by atoms with van der Waals surface area (Å²) in [6.45, 7) is 45.5. The lowest BCUT2D eigenvalue weighted by Crippen LogP contribution is -1.75. The molecule has 0 aliphatic carbocycles. The third kappa shape index (κ3) is 31.6. The first kappa shape index (κ1) is 107. The minimum atomic E-state index is 0.265. The number of para-hydroxylation sites is 4. The van der Waals surface area contributed by atoms with E-state index in [4.69, 9.17) is 30.2 Å². The van der Waals surface area contributed by atoms with Crippen LogP contribution in [0.2, 0.25) is 0 Å². The van der Waals surface area contributed by atoms with E-state index in [0.717, 1.165) is 99.7 Å². The number of nitrogens with one attached hydrogen (secondary N) is 4. The van der Waals surface area contributed by atoms with E-state index in [1.807, 2.05) is 244 Å². The van der Waals surface area contributed by atoms with Crippen LogP contribution in [0.1, 0.15) is 110 Å². The van der Waals surface area contributed by atoms with Crippen molar-refractivity contribution in [2.75, 3.05) is 0 Å². The van der Waals surface area contributed by atoms with Crippen LogP contribution >= 0.6 is 45.3 Å². The Balaban J connectivity index is 0.000000132. The minimum absolute atomic E-state index is 0.265. The number of aromatic nitrogens is 10. The fourth-order valence-electron chi connectivity index (χ4n) is 15.6. The van der Waals surface area contributed by atoms with Crippen LogP contribution in [0.5, 0.6) is 17.2 Å². The molecule has 26 aromatic rings. The summed E-state index contributed by atoms with van der Waals surface area (Å²) in [6, 6.07) is 103. The monoisotopic (exact) mass is 2010 g/mol. The number of benzene rings is 12. The normalized spacial score (nSPS) is 10.3. The van der Waals surface area contributed by atoms with E-state index in [0.29, 0.717) is 17.2 Å². The molecule has 0 amide bonds. The molecule has 0 aliphatic heterocycles. The Hall–Kier alpha value is -16.9. The third-order valence-corrected chi connectivity index (χ3v) is 27.2. The number of pyridine rings is 3. The first-order chi connectivity index (χ1) is 70.7. The number of furan rings is 2. The van der Waals surface area contributed by atoms with Crippen molar-refractivity contribution in [3.8, 4) is 23.3 Å². The Bertz CT molecular complexity index is 8060. The second-order valence-electron chi connectivity index (χ2n) is 35.5. The zero-order chi connectivity index (χ0) is 105. The number of phenolic OH excluding ortho intramolecular Hbond substituents is 3. The van der Waals surface area contributed by atoms with Crippen molar-refractivity contribution < 1.29 is 28.6 Å². The van der Waals surface area contributed by atoms with Gasteiger partial charge in [0.15, 0.2) is 17.2 Å². The van der Waals surface area contributed by atoms with E-state index < -0.39 is 0 Å². The topological polar surface area (TPSA) is 269 Å². The number of imidazole rings is 1. The zero-order valence-electron chi connectivity index (χ0n) is 86.1. The van der Waals surface area contributed by atoms with Crippen molar-refractivity contribution in [2.45, 2.75) is 132 Å². The van der Waals surface area contributed by atoms with E-state index in [1.54, 1.807) is 87.8 Å². The molecule has 0 aliphatic rings. The maximum atomic E-state index is 9.24. The Labute approximate surface area is 873 Å². The number of H-pyrrole nitrogens is 4. The van der Waals surface area contributed by atoms with E-state index in [9.17, 15) is 10.2 Å². The van der Waals surface area contributed by atoms with Crippen molar-refractivity contribution in [1.82, 2.24) is 49.8 Å². The van der Waals surface area contributed by atoms with E-state index in [2.05, 4.69) is 246 Å². The predicted octanol–water partition coefficient (Wildman–Crippen LogP) is 35.6. The summed E-state index contributed by atoms with van der Waals surface area (Å²) in [5.41, 5.74) is 26.5. The van der Waals surface area contributed by atoms with Gasteiger partial charge in [0.25, 0.3) is 0 Å². The van der Waals surface area contributed by atoms with E-state index >= 15 is 0 Å². The molecular weight excluding hydrogens is 1890 g/mol. The molecule has 12 aromatic carbocycles. The smallest absolute Gasteiger partial charge is 0.192 e. The van der Waals surface area contributed by atoms with Gasteiger partial charge < -0.3 is 48.5 Å². The zero-order valence-corrected chi connectivity index (χ0v) is 89.4. The predicted molar refractivity (Wildman–Crippen MR) is 619 cm³/mol. The lowest BCUT2D eigenvalue weighted by atomic mass is 10.1. The van der Waals surface area contributed by atoms with Crippen LogP contribution in [0, 0.1) is 149 Å². The summed E-state index contributed by atoms with van der Waals surface area (Å²) < 4.78 is 19.8. The number of nitriles is 1. The Morgan fingerprint density at radius 3 is 1.65 bits per heavy atom. The molecule has 0 atom stereocenters. The highest BCUT2D eigenvalue weighted by molar-refractivity contribution is 7.19. The van der Waals surface area contributed by atoms with Gasteiger partial charge in [-0.2, -0.15) is 5.26 Å². The highest BCUT2D eigenvalue weighted by Crippen LogP contribution is 2.34. The van der Waals surface area contributed by atoms with Gasteiger partial charge in [-0.25, -0.2) is 24.8 Å². The lowest BCUT2D eigenvalue weighted by Gasteiger charge is -1.96. The van der Waals surface area contributed by atoms with E-state index in [1.165, 1.54) is 138 Å². The summed E-state index contributed by atoms with van der Waals surface area (Å²) in [7, 11) is 0. The number of hydrogen-bond acceptors (Lipinski definition) is 17. The Morgan fingerprint density at radius 1 is 0.354 bits per heavy atom. The molecule has 0 fully saturated rings. The first-order valence-corrected chi connectivity index (χ1v) is 51.1. The van der Waals surface area contributed by atoms with Crippen molar-refractivity contribution in [2.24, 2.45) is 0 Å². The standard InChI is InChI=1S/C10H11NO.2C10H11N.C10H9N.C10H10OS.C10H10O.C9H8O.C8H8N2O.C8H7NO.3C8H7NS.2C8H7N/c1-6-7(2)11-10-5-8(12)3-4-9(6)10;1-7-3-4-10-9(5-7)6-8(2)11-10;1-7-3-4-9-8(2)6-11-10(9)5-7;1-8-2-3-10-7-11-5-4-9(10)6-8;1-6-7(2)12-10-5-8(11)3-4-9(6)10;1-7-3-4-10-9(5-7)6-8(2)11-10;1-7-6-8-4-2-3-5-9(8)10-7;1-5-9-7-3-2-6(11)4-8(7)10-5;1-6-9-7-4-2-3-5-8(7)10-6;1-6-5-7-8(10-6)3-2-4-9-7;1-6-5-7-3-2-4-9-8(7)10-6;1-6-9-7-4-2-3-5-8(7)10-6;1-7-3-5-8(9-2)6-4-7;1-7-3-2-4-8(5-7)6-9/h3-5,11-12H,1-2H3;2*3-6,11H,1-2H3;2-7H,1H3;3-5,11H,1-2H3;3-6H,1-2H3;2-6H,1H3;2-4,11H,1H3,(H,9,10);4*2-5H,1H3;3-6H,1H3;2-5H,1H3. The lowest BCUT2D eigenvalue weighted by molar-refractivity contribution is 0.475. The molecule has 0 radical (unpaired) electrons. The number of phenols is 3. The van der Waals surface area contributed by atoms with Crippen LogP contribution in [0.25, 0.3) is 133 Å². The number of aryl methyl sites for hydroxylation is 19. The molecule has 147 heavy (non-hydrogen) atoms. The van der Waals surface area contributed by atoms with Crippen LogP contribution in [-0.4, -0.2) is 65.2 Å². The van der Waals surface area contributed by atoms with Crippen molar-refractivity contribution in [3.05, 3.63) is 462 Å². The van der Waals surface area contributed by atoms with Gasteiger partial charge in [0.1, 0.15) is 56.1 Å². The van der Waals surface area contributed by atoms with Gasteiger partial charge in [-0.3, -0.25) is 9.97 Å². The number of aromatic hydroxyl groups is 3. The number of fused-ring (bicyclic) bond motifs is 12. The van der Waals surface area contributed by atoms with Gasteiger partial charge in [0, 0.05) is 130 Å². The SMILES string of the molecule is Cc1[nH]c2cc(O)ccc2c1C.Cc1cc2ccccc2o1.Cc1cc2cccnc2s1.Cc1cc2ncccc2s1.Cc1ccc2[nH]c(C)cc2c1.Cc1ccc2c(C)c[nH]c2c1.Cc1ccc2cnccc2c1.Cc1ccc2oc(C)cc2c1.Cc1cccc(C#N)c1.Cc1nc2ccc(O)cc2[nH]1.Cc1nc2ccccc2o1.Cc1nc2ccccc2s1.Cc1sc2cc(O)ccc2c1C.[C-]#[N+]c1ccc(C)cc1. The summed E-state index contributed by atoms with van der Waals surface area (Å²) >= 11 is 7.00. The van der Waals surface area contributed by atoms with Gasteiger partial charge in [-0.1, -0.05) is 150 Å². The maximum absolute atomic E-state index is 9.24. The van der Waals surface area contributed by atoms with Gasteiger partial charge in [-0.15, -0.1) is 45.3 Å². The van der Waals surface area contributed by atoms with Crippen LogP contribution in [0.4, 0.5) is 5.69 Å². The second-order valence-corrected chi connectivity index (χ2v) is 40.5. The summed E-state index contributed by atoms with van der Waals surface area (Å²) in [5, 5.41) is 48.3. The molecule has 14 heterocycles. The van der Waals surface area contributed by atoms with Crippen LogP contribution < -0.4 is 0 Å². The number of thiophene rings is 3. The molecule has 0 saturated carbocycles. The number of hydrogen-bond donors (Lipinski definition) is 7. The minimum Gasteiger partial charge on any atom is -0.508 e. The average Bonchev–Trinajstić information content (AvgIpc) is 1.66. The largest absolute Gasteiger partial charge is 0.508 e. The number of oxazole rings is 1. The molecule has 740 valence electrons. The molecule has 0 unspecified atom stereocenters. The number of rotatable bonds is 0. The first-order valence-electron chi connectivity index (χ1n) is 47.8. The average molecular weight is 2010 g/mol. The molecule has 0 saturated heterocycles. The third-order valence-electron chi connectivity index (χ3n) is 23.1. The molecule has 0 bridgehead atoms. The summed E-state index contributed by atoms with van der Waals surface area (Å²) in [5.74, 6) is 4.47. The maximum Gasteiger partial charge on any atom is 0.192 e. The fourth-order valence-corrected chi connectivity index (χ4v) is 19.3. The van der Waals surface area contributed by atoms with Crippen molar-refractivity contribution >= 4 is 179 Å². The molecular formula is C125H120N12O6S4. The molecule has 18 nitrogen and oxygen atoms in total. The van der Waals surface area contributed by atoms with Gasteiger partial charge in [0.2, 0.25) is 0 Å².